The fourth-order valence-electron chi connectivity index (χ4n) is 3.27. The van der Waals surface area contributed by atoms with Crippen LogP contribution in [0.25, 0.3) is 5.69 Å². The summed E-state index contributed by atoms with van der Waals surface area (Å²) < 4.78 is 42.1. The third-order valence-electron chi connectivity index (χ3n) is 4.60. The first-order chi connectivity index (χ1) is 15.7. The molecule has 0 saturated heterocycles. The minimum Gasteiger partial charge on any atom is -0.406 e. The van der Waals surface area contributed by atoms with Crippen LogP contribution in [0.5, 0.6) is 5.75 Å². The second kappa shape index (κ2) is 9.52. The molecule has 0 radical (unpaired) electrons. The average Bonchev–Trinajstić information content (AvgIpc) is 3.14. The van der Waals surface area contributed by atoms with Crippen LogP contribution in [0.15, 0.2) is 69.4 Å². The van der Waals surface area contributed by atoms with E-state index in [0.29, 0.717) is 27.8 Å². The lowest BCUT2D eigenvalue weighted by Gasteiger charge is -2.14. The Labute approximate surface area is 195 Å². The molecule has 11 heteroatoms. The van der Waals surface area contributed by atoms with Crippen molar-refractivity contribution in [2.45, 2.75) is 35.0 Å². The maximum atomic E-state index is 13.2. The quantitative estimate of drug-likeness (QED) is 0.389. The van der Waals surface area contributed by atoms with Gasteiger partial charge in [-0.2, -0.15) is 0 Å². The lowest BCUT2D eigenvalue weighted by atomic mass is 10.2. The highest BCUT2D eigenvalue weighted by Crippen LogP contribution is 2.35. The SMILES string of the molecule is CC1Cc2nc(SCC(=O)Nc3ccc(OC(F)(F)F)cc3)n(-c3ccccc3)c(=O)c2S1. The Balaban J connectivity index is 1.50. The molecular formula is C22H18F3N3O3S2. The number of benzene rings is 2. The Bertz CT molecular complexity index is 1220. The van der Waals surface area contributed by atoms with Gasteiger partial charge in [0.15, 0.2) is 5.16 Å². The molecule has 1 unspecified atom stereocenters. The molecule has 3 aromatic rings. The largest absolute Gasteiger partial charge is 0.573 e. The predicted octanol–water partition coefficient (Wildman–Crippen LogP) is 4.90. The summed E-state index contributed by atoms with van der Waals surface area (Å²) in [7, 11) is 0. The third kappa shape index (κ3) is 5.72. The molecule has 1 aliphatic heterocycles. The number of hydrogen-bond donors (Lipinski definition) is 1. The molecule has 6 nitrogen and oxygen atoms in total. The van der Waals surface area contributed by atoms with Gasteiger partial charge in [0.1, 0.15) is 5.75 Å². The molecule has 1 N–H and O–H groups in total. The fraction of sp³-hybridized carbons (Fsp3) is 0.227. The van der Waals surface area contributed by atoms with E-state index >= 15 is 0 Å². The smallest absolute Gasteiger partial charge is 0.406 e. The zero-order valence-corrected chi connectivity index (χ0v) is 18.9. The number of carbonyl (C=O) groups excluding carboxylic acids is 1. The molecule has 0 fully saturated rings. The zero-order valence-electron chi connectivity index (χ0n) is 17.3. The fourth-order valence-corrected chi connectivity index (χ4v) is 5.19. The molecule has 33 heavy (non-hydrogen) atoms. The molecule has 0 aliphatic carbocycles. The number of rotatable bonds is 6. The van der Waals surface area contributed by atoms with Crippen LogP contribution in [-0.2, 0) is 11.2 Å². The maximum Gasteiger partial charge on any atom is 0.573 e. The van der Waals surface area contributed by atoms with Crippen LogP contribution in [0.1, 0.15) is 12.6 Å². The van der Waals surface area contributed by atoms with E-state index in [1.54, 1.807) is 12.1 Å². The number of alkyl halides is 3. The number of hydrogen-bond acceptors (Lipinski definition) is 6. The van der Waals surface area contributed by atoms with Gasteiger partial charge in [0.05, 0.1) is 22.0 Å². The molecule has 1 aliphatic rings. The summed E-state index contributed by atoms with van der Waals surface area (Å²) in [6.45, 7) is 2.03. The van der Waals surface area contributed by atoms with Crippen molar-refractivity contribution in [1.82, 2.24) is 9.55 Å². The van der Waals surface area contributed by atoms with Gasteiger partial charge in [0, 0.05) is 17.4 Å². The van der Waals surface area contributed by atoms with Crippen molar-refractivity contribution in [3.05, 3.63) is 70.6 Å². The number of carbonyl (C=O) groups is 1. The van der Waals surface area contributed by atoms with Crippen molar-refractivity contribution in [1.29, 1.82) is 0 Å². The number of fused-ring (bicyclic) bond motifs is 1. The average molecular weight is 494 g/mol. The van der Waals surface area contributed by atoms with E-state index in [-0.39, 0.29) is 28.2 Å². The van der Waals surface area contributed by atoms with Gasteiger partial charge in [-0.1, -0.05) is 36.9 Å². The molecule has 2 aromatic carbocycles. The standard InChI is InChI=1S/C22H18F3N3O3S2/c1-13-11-17-19(33-13)20(30)28(15-5-3-2-4-6-15)21(27-17)32-12-18(29)26-14-7-9-16(10-8-14)31-22(23,24)25/h2-10,13H,11-12H2,1H3,(H,26,29). The van der Waals surface area contributed by atoms with Gasteiger partial charge in [-0.3, -0.25) is 14.2 Å². The highest BCUT2D eigenvalue weighted by atomic mass is 32.2. The number of halogens is 3. The first-order valence-corrected chi connectivity index (χ1v) is 11.7. The van der Waals surface area contributed by atoms with Crippen LogP contribution in [0, 0.1) is 0 Å². The highest BCUT2D eigenvalue weighted by Gasteiger charge is 2.31. The van der Waals surface area contributed by atoms with Gasteiger partial charge in [-0.25, -0.2) is 4.98 Å². The monoisotopic (exact) mass is 493 g/mol. The molecule has 1 atom stereocenters. The van der Waals surface area contributed by atoms with Gasteiger partial charge >= 0.3 is 6.36 Å². The van der Waals surface area contributed by atoms with Crippen molar-refractivity contribution in [2.75, 3.05) is 11.1 Å². The second-order valence-corrected chi connectivity index (χ2v) is 9.58. The molecule has 2 heterocycles. The van der Waals surface area contributed by atoms with Crippen LogP contribution in [0.4, 0.5) is 18.9 Å². The van der Waals surface area contributed by atoms with Gasteiger partial charge in [-0.05, 0) is 36.4 Å². The van der Waals surface area contributed by atoms with Crippen molar-refractivity contribution in [3.63, 3.8) is 0 Å². The summed E-state index contributed by atoms with van der Waals surface area (Å²) in [6, 6.07) is 13.9. The zero-order chi connectivity index (χ0) is 23.6. The van der Waals surface area contributed by atoms with Crippen molar-refractivity contribution in [3.8, 4) is 11.4 Å². The number of para-hydroxylation sites is 1. The number of amides is 1. The number of anilines is 1. The number of thioether (sulfide) groups is 2. The summed E-state index contributed by atoms with van der Waals surface area (Å²) in [5.41, 5.74) is 1.54. The lowest BCUT2D eigenvalue weighted by molar-refractivity contribution is -0.274. The molecule has 4 rings (SSSR count). The van der Waals surface area contributed by atoms with Gasteiger partial charge in [-0.15, -0.1) is 24.9 Å². The Kier molecular flexibility index (Phi) is 6.71. The van der Waals surface area contributed by atoms with E-state index in [0.717, 1.165) is 29.6 Å². The molecule has 0 saturated carbocycles. The lowest BCUT2D eigenvalue weighted by Crippen LogP contribution is -2.24. The minimum atomic E-state index is -4.78. The van der Waals surface area contributed by atoms with Crippen molar-refractivity contribution < 1.29 is 22.7 Å². The Morgan fingerprint density at radius 1 is 1.21 bits per heavy atom. The Morgan fingerprint density at radius 2 is 1.91 bits per heavy atom. The van der Waals surface area contributed by atoms with E-state index in [1.165, 1.54) is 28.5 Å². The van der Waals surface area contributed by atoms with E-state index < -0.39 is 6.36 Å². The number of nitrogens with one attached hydrogen (secondary N) is 1. The van der Waals surface area contributed by atoms with E-state index in [4.69, 9.17) is 0 Å². The number of nitrogens with zero attached hydrogens (tertiary/aromatic N) is 2. The molecule has 0 bridgehead atoms. The third-order valence-corrected chi connectivity index (χ3v) is 6.75. The van der Waals surface area contributed by atoms with Crippen molar-refractivity contribution >= 4 is 35.1 Å². The number of ether oxygens (including phenoxy) is 1. The first-order valence-electron chi connectivity index (χ1n) is 9.86. The van der Waals surface area contributed by atoms with Crippen LogP contribution in [0.2, 0.25) is 0 Å². The van der Waals surface area contributed by atoms with Crippen LogP contribution in [-0.4, -0.2) is 32.8 Å². The predicted molar refractivity (Wildman–Crippen MR) is 121 cm³/mol. The highest BCUT2D eigenvalue weighted by molar-refractivity contribution is 8.00. The van der Waals surface area contributed by atoms with Gasteiger partial charge in [0.2, 0.25) is 5.91 Å². The molecule has 0 spiro atoms. The molecule has 1 amide bonds. The molecule has 172 valence electrons. The van der Waals surface area contributed by atoms with Crippen LogP contribution in [0.3, 0.4) is 0 Å². The number of aromatic nitrogens is 2. The van der Waals surface area contributed by atoms with E-state index in [2.05, 4.69) is 15.0 Å². The molecule has 1 aromatic heterocycles. The summed E-state index contributed by atoms with van der Waals surface area (Å²) in [5, 5.41) is 3.27. The minimum absolute atomic E-state index is 0.0401. The first kappa shape index (κ1) is 23.2. The van der Waals surface area contributed by atoms with E-state index in [1.807, 2.05) is 25.1 Å². The Morgan fingerprint density at radius 3 is 2.58 bits per heavy atom. The Hall–Kier alpha value is -2.92. The van der Waals surface area contributed by atoms with Gasteiger partial charge in [0.25, 0.3) is 5.56 Å². The van der Waals surface area contributed by atoms with Crippen LogP contribution < -0.4 is 15.6 Å². The van der Waals surface area contributed by atoms with Crippen molar-refractivity contribution in [2.24, 2.45) is 0 Å². The summed E-state index contributed by atoms with van der Waals surface area (Å²) >= 11 is 2.62. The normalized spacial score (nSPS) is 15.2. The van der Waals surface area contributed by atoms with E-state index in [9.17, 15) is 22.8 Å². The summed E-state index contributed by atoms with van der Waals surface area (Å²) in [5.74, 6) is -0.806. The maximum absolute atomic E-state index is 13.2. The summed E-state index contributed by atoms with van der Waals surface area (Å²) in [4.78, 5) is 30.9. The van der Waals surface area contributed by atoms with Gasteiger partial charge < -0.3 is 10.1 Å². The second-order valence-electron chi connectivity index (χ2n) is 7.19. The topological polar surface area (TPSA) is 73.2 Å². The van der Waals surface area contributed by atoms with Crippen LogP contribution >= 0.6 is 23.5 Å². The summed E-state index contributed by atoms with van der Waals surface area (Å²) in [6.07, 6.45) is -4.11. The molecular weight excluding hydrogens is 475 g/mol.